The fraction of sp³-hybridized carbons (Fsp3) is 0.412. The van der Waals surface area contributed by atoms with Crippen LogP contribution in [0.5, 0.6) is 0 Å². The summed E-state index contributed by atoms with van der Waals surface area (Å²) in [6, 6.07) is 7.97. The molecule has 2 rings (SSSR count). The molecule has 0 aliphatic carbocycles. The summed E-state index contributed by atoms with van der Waals surface area (Å²) in [4.78, 5) is 17.2. The van der Waals surface area contributed by atoms with Gasteiger partial charge in [0, 0.05) is 24.2 Å². The molecule has 23 heavy (non-hydrogen) atoms. The number of thiazole rings is 1. The number of esters is 1. The lowest BCUT2D eigenvalue weighted by molar-refractivity contribution is -0.142. The largest absolute Gasteiger partial charge is 0.466 e. The Bertz CT molecular complexity index is 701. The minimum absolute atomic E-state index is 0.103. The third-order valence-electron chi connectivity index (χ3n) is 3.31. The predicted molar refractivity (Wildman–Crippen MR) is 90.8 cm³/mol. The minimum atomic E-state index is -0.245. The number of aliphatic hydroxyl groups excluding tert-OH is 1. The fourth-order valence-corrected chi connectivity index (χ4v) is 3.10. The molecule has 0 atom stereocenters. The van der Waals surface area contributed by atoms with E-state index in [1.807, 2.05) is 41.1 Å². The van der Waals surface area contributed by atoms with Crippen LogP contribution in [0.15, 0.2) is 34.6 Å². The van der Waals surface area contributed by atoms with E-state index in [1.165, 1.54) is 16.9 Å². The van der Waals surface area contributed by atoms with Crippen LogP contribution in [0.25, 0.3) is 0 Å². The number of hydrogen-bond donors (Lipinski definition) is 1. The standard InChI is InChI=1S/C17H22N2O3S/c1-3-22-16(21)11-15-12-23-17(19(15)9-4-10-20)18-14-7-5-13(2)6-8-14/h5-8,12,20H,3-4,9-11H2,1-2H3. The molecule has 1 N–H and O–H groups in total. The van der Waals surface area contributed by atoms with Gasteiger partial charge in [-0.05, 0) is 32.4 Å². The molecule has 0 radical (unpaired) electrons. The number of ether oxygens (including phenoxy) is 1. The van der Waals surface area contributed by atoms with Crippen LogP contribution in [0.2, 0.25) is 0 Å². The first-order chi connectivity index (χ1) is 11.1. The summed E-state index contributed by atoms with van der Waals surface area (Å²) in [5.74, 6) is -0.245. The Morgan fingerprint density at radius 2 is 2.09 bits per heavy atom. The molecule has 2 aromatic rings. The maximum Gasteiger partial charge on any atom is 0.311 e. The van der Waals surface area contributed by atoms with Crippen molar-refractivity contribution in [3.63, 3.8) is 0 Å². The maximum absolute atomic E-state index is 11.7. The van der Waals surface area contributed by atoms with Crippen LogP contribution in [-0.2, 0) is 22.5 Å². The average Bonchev–Trinajstić information content (AvgIpc) is 2.89. The Morgan fingerprint density at radius 3 is 2.74 bits per heavy atom. The molecule has 0 spiro atoms. The molecule has 5 nitrogen and oxygen atoms in total. The van der Waals surface area contributed by atoms with Gasteiger partial charge < -0.3 is 14.4 Å². The molecule has 6 heteroatoms. The first-order valence-electron chi connectivity index (χ1n) is 7.69. The zero-order chi connectivity index (χ0) is 16.7. The van der Waals surface area contributed by atoms with Crippen LogP contribution in [0.1, 0.15) is 24.6 Å². The second-order valence-electron chi connectivity index (χ2n) is 5.17. The SMILES string of the molecule is CCOC(=O)Cc1csc(=Nc2ccc(C)cc2)n1CCCO. The Kier molecular flexibility index (Phi) is 6.55. The van der Waals surface area contributed by atoms with E-state index >= 15 is 0 Å². The van der Waals surface area contributed by atoms with Crippen molar-refractivity contribution in [3.05, 3.63) is 45.7 Å². The highest BCUT2D eigenvalue weighted by Crippen LogP contribution is 2.13. The van der Waals surface area contributed by atoms with Gasteiger partial charge in [0.1, 0.15) is 0 Å². The highest BCUT2D eigenvalue weighted by atomic mass is 32.1. The van der Waals surface area contributed by atoms with E-state index in [4.69, 9.17) is 9.84 Å². The smallest absolute Gasteiger partial charge is 0.311 e. The number of carbonyl (C=O) groups excluding carboxylic acids is 1. The zero-order valence-corrected chi connectivity index (χ0v) is 14.3. The van der Waals surface area contributed by atoms with Gasteiger partial charge in [-0.15, -0.1) is 11.3 Å². The average molecular weight is 334 g/mol. The Labute approximate surface area is 139 Å². The van der Waals surface area contributed by atoms with Crippen molar-refractivity contribution in [1.29, 1.82) is 0 Å². The highest BCUT2D eigenvalue weighted by Gasteiger charge is 2.11. The normalized spacial score (nSPS) is 11.7. The summed E-state index contributed by atoms with van der Waals surface area (Å²) < 4.78 is 7.00. The number of aryl methyl sites for hydroxylation is 1. The Hall–Kier alpha value is -1.92. The van der Waals surface area contributed by atoms with Gasteiger partial charge in [-0.2, -0.15) is 0 Å². The number of rotatable bonds is 7. The van der Waals surface area contributed by atoms with Crippen LogP contribution in [-0.4, -0.2) is 28.9 Å². The van der Waals surface area contributed by atoms with Gasteiger partial charge >= 0.3 is 5.97 Å². The first-order valence-corrected chi connectivity index (χ1v) is 8.57. The second kappa shape index (κ2) is 8.64. The Morgan fingerprint density at radius 1 is 1.35 bits per heavy atom. The van der Waals surface area contributed by atoms with Gasteiger partial charge in [0.25, 0.3) is 0 Å². The van der Waals surface area contributed by atoms with E-state index in [0.717, 1.165) is 16.2 Å². The molecule has 1 aromatic heterocycles. The number of carbonyl (C=O) groups is 1. The number of benzene rings is 1. The lowest BCUT2D eigenvalue weighted by Crippen LogP contribution is -2.20. The molecule has 0 amide bonds. The summed E-state index contributed by atoms with van der Waals surface area (Å²) >= 11 is 1.49. The first kappa shape index (κ1) is 17.4. The lowest BCUT2D eigenvalue weighted by atomic mass is 10.2. The molecule has 1 heterocycles. The lowest BCUT2D eigenvalue weighted by Gasteiger charge is -2.08. The van der Waals surface area contributed by atoms with E-state index in [1.54, 1.807) is 6.92 Å². The quantitative estimate of drug-likeness (QED) is 0.792. The molecule has 0 fully saturated rings. The van der Waals surface area contributed by atoms with Gasteiger partial charge in [-0.25, -0.2) is 4.99 Å². The third kappa shape index (κ3) is 5.04. The molecule has 0 aliphatic rings. The van der Waals surface area contributed by atoms with Crippen molar-refractivity contribution in [2.75, 3.05) is 13.2 Å². The summed E-state index contributed by atoms with van der Waals surface area (Å²) in [6.45, 7) is 4.93. The zero-order valence-electron chi connectivity index (χ0n) is 13.5. The molecule has 124 valence electrons. The van der Waals surface area contributed by atoms with Gasteiger partial charge in [0.05, 0.1) is 18.7 Å². The van der Waals surface area contributed by atoms with E-state index in [9.17, 15) is 4.79 Å². The predicted octanol–water partition coefficient (Wildman–Crippen LogP) is 2.58. The molecule has 0 aliphatic heterocycles. The van der Waals surface area contributed by atoms with Crippen LogP contribution in [0.4, 0.5) is 5.69 Å². The monoisotopic (exact) mass is 334 g/mol. The van der Waals surface area contributed by atoms with Crippen molar-refractivity contribution in [1.82, 2.24) is 4.57 Å². The van der Waals surface area contributed by atoms with E-state index in [0.29, 0.717) is 19.6 Å². The fourth-order valence-electron chi connectivity index (χ4n) is 2.15. The van der Waals surface area contributed by atoms with Crippen molar-refractivity contribution in [3.8, 4) is 0 Å². The van der Waals surface area contributed by atoms with Gasteiger partial charge in [0.15, 0.2) is 4.80 Å². The molecule has 1 aromatic carbocycles. The molecule has 0 bridgehead atoms. The third-order valence-corrected chi connectivity index (χ3v) is 4.22. The van der Waals surface area contributed by atoms with Crippen molar-refractivity contribution in [2.24, 2.45) is 4.99 Å². The van der Waals surface area contributed by atoms with Crippen LogP contribution >= 0.6 is 11.3 Å². The summed E-state index contributed by atoms with van der Waals surface area (Å²) in [7, 11) is 0. The van der Waals surface area contributed by atoms with E-state index in [-0.39, 0.29) is 19.0 Å². The molecule has 0 saturated heterocycles. The summed E-state index contributed by atoms with van der Waals surface area (Å²) in [5.41, 5.74) is 2.93. The molecular weight excluding hydrogens is 312 g/mol. The second-order valence-corrected chi connectivity index (χ2v) is 6.00. The maximum atomic E-state index is 11.7. The highest BCUT2D eigenvalue weighted by molar-refractivity contribution is 7.07. The van der Waals surface area contributed by atoms with E-state index < -0.39 is 0 Å². The number of hydrogen-bond acceptors (Lipinski definition) is 5. The number of aromatic nitrogens is 1. The van der Waals surface area contributed by atoms with Gasteiger partial charge in [0.2, 0.25) is 0 Å². The van der Waals surface area contributed by atoms with Gasteiger partial charge in [-0.3, -0.25) is 4.79 Å². The summed E-state index contributed by atoms with van der Waals surface area (Å²) in [5, 5.41) is 11.0. The topological polar surface area (TPSA) is 63.8 Å². The minimum Gasteiger partial charge on any atom is -0.466 e. The number of nitrogens with zero attached hydrogens (tertiary/aromatic N) is 2. The number of aliphatic hydroxyl groups is 1. The Balaban J connectivity index is 2.32. The van der Waals surface area contributed by atoms with E-state index in [2.05, 4.69) is 4.99 Å². The van der Waals surface area contributed by atoms with Crippen LogP contribution < -0.4 is 4.80 Å². The van der Waals surface area contributed by atoms with Gasteiger partial charge in [-0.1, -0.05) is 17.7 Å². The van der Waals surface area contributed by atoms with Crippen molar-refractivity contribution < 1.29 is 14.6 Å². The molecule has 0 unspecified atom stereocenters. The van der Waals surface area contributed by atoms with Crippen LogP contribution in [0, 0.1) is 6.92 Å². The molecular formula is C17H22N2O3S. The van der Waals surface area contributed by atoms with Crippen molar-refractivity contribution in [2.45, 2.75) is 33.2 Å². The van der Waals surface area contributed by atoms with Crippen LogP contribution in [0.3, 0.4) is 0 Å². The summed E-state index contributed by atoms with van der Waals surface area (Å²) in [6.07, 6.45) is 0.840. The molecule has 0 saturated carbocycles. The van der Waals surface area contributed by atoms with Crippen molar-refractivity contribution >= 4 is 23.0 Å².